The molecule has 1 aliphatic heterocycles. The summed E-state index contributed by atoms with van der Waals surface area (Å²) in [4.78, 5) is 21.5. The van der Waals surface area contributed by atoms with Crippen LogP contribution in [0.4, 0.5) is 11.4 Å². The van der Waals surface area contributed by atoms with Gasteiger partial charge in [0.25, 0.3) is 15.9 Å². The highest BCUT2D eigenvalue weighted by Gasteiger charge is 2.24. The molecule has 0 aromatic heterocycles. The van der Waals surface area contributed by atoms with Crippen LogP contribution in [0.5, 0.6) is 17.2 Å². The summed E-state index contributed by atoms with van der Waals surface area (Å²) < 4.78 is 39.2. The van der Waals surface area contributed by atoms with Gasteiger partial charge in [-0.2, -0.15) is 0 Å². The number of aryl methyl sites for hydroxylation is 1. The first-order valence-corrected chi connectivity index (χ1v) is 14.3. The van der Waals surface area contributed by atoms with E-state index in [1.165, 1.54) is 20.3 Å². The lowest BCUT2D eigenvalue weighted by atomic mass is 10.1. The fraction of sp³-hybridized carbons (Fsp3) is 0.310. The number of amides is 1. The molecular weight excluding hydrogens is 532 g/mol. The molecular formula is C29H34N4O6S. The number of sulfonamides is 1. The number of nitrogens with one attached hydrogen (secondary N) is 1. The zero-order valence-electron chi connectivity index (χ0n) is 23.0. The number of ether oxygens (including phenoxy) is 2. The van der Waals surface area contributed by atoms with Crippen LogP contribution in [0.3, 0.4) is 0 Å². The van der Waals surface area contributed by atoms with Crippen molar-refractivity contribution >= 4 is 33.5 Å². The standard InChI is InChI=1S/C29H34N4O6S/c1-5-30-27-20(2)7-6-8-26(27)40(36,37)31-23-11-9-22(10-12-23)29(35)33-15-13-32(14-16-33)19-21-17-24(38-3)28(34)25(18-21)39-4/h5-12,17-18,31,34H,13-16,19H2,1-4H3/b30-5-. The number of hydrogen-bond acceptors (Lipinski definition) is 8. The van der Waals surface area contributed by atoms with Crippen molar-refractivity contribution in [2.45, 2.75) is 25.3 Å². The van der Waals surface area contributed by atoms with Crippen molar-refractivity contribution < 1.29 is 27.8 Å². The molecule has 0 aliphatic carbocycles. The summed E-state index contributed by atoms with van der Waals surface area (Å²) in [6.45, 7) is 6.61. The topological polar surface area (TPSA) is 121 Å². The second-order valence-corrected chi connectivity index (χ2v) is 11.1. The Bertz CT molecular complexity index is 1470. The van der Waals surface area contributed by atoms with E-state index in [0.717, 1.165) is 11.1 Å². The van der Waals surface area contributed by atoms with Crippen LogP contribution in [-0.2, 0) is 16.6 Å². The Kier molecular flexibility index (Phi) is 8.96. The molecule has 0 spiro atoms. The Morgan fingerprint density at radius 2 is 1.65 bits per heavy atom. The maximum absolute atomic E-state index is 13.1. The first-order chi connectivity index (χ1) is 19.2. The maximum Gasteiger partial charge on any atom is 0.264 e. The summed E-state index contributed by atoms with van der Waals surface area (Å²) in [5.74, 6) is 0.555. The molecule has 212 valence electrons. The molecule has 3 aromatic carbocycles. The van der Waals surface area contributed by atoms with Gasteiger partial charge in [0.15, 0.2) is 11.5 Å². The van der Waals surface area contributed by atoms with Crippen molar-refractivity contribution in [3.63, 3.8) is 0 Å². The Hall–Kier alpha value is -4.09. The second kappa shape index (κ2) is 12.4. The van der Waals surface area contributed by atoms with Crippen LogP contribution >= 0.6 is 0 Å². The molecule has 10 nitrogen and oxygen atoms in total. The fourth-order valence-corrected chi connectivity index (χ4v) is 5.91. The van der Waals surface area contributed by atoms with Crippen LogP contribution in [-0.4, -0.2) is 75.8 Å². The van der Waals surface area contributed by atoms with Gasteiger partial charge in [-0.1, -0.05) is 12.1 Å². The molecule has 1 fully saturated rings. The summed E-state index contributed by atoms with van der Waals surface area (Å²) >= 11 is 0. The van der Waals surface area contributed by atoms with Gasteiger partial charge in [0, 0.05) is 50.2 Å². The lowest BCUT2D eigenvalue weighted by Gasteiger charge is -2.35. The highest BCUT2D eigenvalue weighted by atomic mass is 32.2. The normalized spacial score (nSPS) is 14.3. The van der Waals surface area contributed by atoms with Gasteiger partial charge in [0.2, 0.25) is 5.75 Å². The Morgan fingerprint density at radius 1 is 1.02 bits per heavy atom. The Morgan fingerprint density at radius 3 is 2.23 bits per heavy atom. The number of benzene rings is 3. The van der Waals surface area contributed by atoms with Crippen molar-refractivity contribution in [1.29, 1.82) is 0 Å². The third-order valence-corrected chi connectivity index (χ3v) is 8.15. The second-order valence-electron chi connectivity index (χ2n) is 9.41. The van der Waals surface area contributed by atoms with Gasteiger partial charge in [-0.25, -0.2) is 8.42 Å². The van der Waals surface area contributed by atoms with Crippen LogP contribution in [0.2, 0.25) is 0 Å². The monoisotopic (exact) mass is 566 g/mol. The number of carbonyl (C=O) groups is 1. The van der Waals surface area contributed by atoms with Gasteiger partial charge in [-0.3, -0.25) is 19.4 Å². The van der Waals surface area contributed by atoms with E-state index in [1.807, 2.05) is 13.0 Å². The number of hydrogen-bond donors (Lipinski definition) is 2. The van der Waals surface area contributed by atoms with Crippen molar-refractivity contribution in [2.75, 3.05) is 45.1 Å². The van der Waals surface area contributed by atoms with Crippen molar-refractivity contribution in [1.82, 2.24) is 9.80 Å². The van der Waals surface area contributed by atoms with E-state index in [2.05, 4.69) is 14.6 Å². The van der Waals surface area contributed by atoms with E-state index in [-0.39, 0.29) is 16.6 Å². The van der Waals surface area contributed by atoms with E-state index in [4.69, 9.17) is 9.47 Å². The number of nitrogens with zero attached hydrogens (tertiary/aromatic N) is 3. The van der Waals surface area contributed by atoms with Crippen LogP contribution in [0, 0.1) is 6.92 Å². The van der Waals surface area contributed by atoms with Crippen molar-refractivity contribution in [2.24, 2.45) is 4.99 Å². The van der Waals surface area contributed by atoms with Gasteiger partial charge in [-0.05, 0) is 67.4 Å². The zero-order chi connectivity index (χ0) is 28.9. The molecule has 1 saturated heterocycles. The predicted octanol–water partition coefficient (Wildman–Crippen LogP) is 4.20. The minimum atomic E-state index is -3.88. The van der Waals surface area contributed by atoms with Gasteiger partial charge in [0.1, 0.15) is 4.90 Å². The van der Waals surface area contributed by atoms with Gasteiger partial charge < -0.3 is 19.5 Å². The summed E-state index contributed by atoms with van der Waals surface area (Å²) in [6, 6.07) is 15.0. The number of para-hydroxylation sites is 1. The summed E-state index contributed by atoms with van der Waals surface area (Å²) in [5, 5.41) is 10.1. The molecule has 11 heteroatoms. The SMILES string of the molecule is C/C=N\c1c(C)cccc1S(=O)(=O)Nc1ccc(C(=O)N2CCN(Cc3cc(OC)c(O)c(OC)c3)CC2)cc1. The molecule has 2 N–H and O–H groups in total. The first kappa shape index (κ1) is 28.9. The number of methoxy groups -OCH3 is 2. The summed E-state index contributed by atoms with van der Waals surface area (Å²) in [5.41, 5.74) is 2.92. The smallest absolute Gasteiger partial charge is 0.264 e. The third-order valence-electron chi connectivity index (χ3n) is 6.74. The molecule has 0 bridgehead atoms. The van der Waals surface area contributed by atoms with Crippen molar-refractivity contribution in [3.8, 4) is 17.2 Å². The number of anilines is 1. The van der Waals surface area contributed by atoms with Crippen molar-refractivity contribution in [3.05, 3.63) is 71.3 Å². The molecule has 1 amide bonds. The van der Waals surface area contributed by atoms with Crippen LogP contribution in [0.1, 0.15) is 28.4 Å². The van der Waals surface area contributed by atoms with Gasteiger partial charge >= 0.3 is 0 Å². The molecule has 3 aromatic rings. The summed E-state index contributed by atoms with van der Waals surface area (Å²) in [7, 11) is -0.894. The lowest BCUT2D eigenvalue weighted by molar-refractivity contribution is 0.0628. The Labute approximate surface area is 234 Å². The number of phenolic OH excluding ortho intramolecular Hbond substituents is 1. The largest absolute Gasteiger partial charge is 0.502 e. The third kappa shape index (κ3) is 6.37. The number of phenols is 1. The van der Waals surface area contributed by atoms with E-state index in [0.29, 0.717) is 61.2 Å². The van der Waals surface area contributed by atoms with Gasteiger partial charge in [-0.15, -0.1) is 0 Å². The maximum atomic E-state index is 13.1. The zero-order valence-corrected chi connectivity index (χ0v) is 23.9. The highest BCUT2D eigenvalue weighted by Crippen LogP contribution is 2.37. The molecule has 1 aliphatic rings. The average Bonchev–Trinajstić information content (AvgIpc) is 2.95. The van der Waals surface area contributed by atoms with E-state index >= 15 is 0 Å². The fourth-order valence-electron chi connectivity index (χ4n) is 4.62. The number of aliphatic imine (C=N–C) groups is 1. The minimum absolute atomic E-state index is 0.0337. The molecule has 0 unspecified atom stereocenters. The number of piperazine rings is 1. The van der Waals surface area contributed by atoms with E-state index in [9.17, 15) is 18.3 Å². The average molecular weight is 567 g/mol. The van der Waals surface area contributed by atoms with Gasteiger partial charge in [0.05, 0.1) is 19.9 Å². The van der Waals surface area contributed by atoms with Crippen LogP contribution in [0.25, 0.3) is 0 Å². The first-order valence-electron chi connectivity index (χ1n) is 12.8. The Balaban J connectivity index is 1.37. The highest BCUT2D eigenvalue weighted by molar-refractivity contribution is 7.92. The quantitative estimate of drug-likeness (QED) is 0.373. The molecule has 1 heterocycles. The molecule has 0 radical (unpaired) electrons. The minimum Gasteiger partial charge on any atom is -0.502 e. The lowest BCUT2D eigenvalue weighted by Crippen LogP contribution is -2.48. The molecule has 4 rings (SSSR count). The van der Waals surface area contributed by atoms with Crippen LogP contribution < -0.4 is 14.2 Å². The molecule has 40 heavy (non-hydrogen) atoms. The predicted molar refractivity (Wildman–Crippen MR) is 155 cm³/mol. The molecule has 0 atom stereocenters. The van der Waals surface area contributed by atoms with E-state index in [1.54, 1.807) is 60.5 Å². The number of aromatic hydroxyl groups is 1. The van der Waals surface area contributed by atoms with E-state index < -0.39 is 10.0 Å². The van der Waals surface area contributed by atoms with Crippen LogP contribution in [0.15, 0.2) is 64.5 Å². The summed E-state index contributed by atoms with van der Waals surface area (Å²) in [6.07, 6.45) is 1.56. The molecule has 0 saturated carbocycles. The number of rotatable bonds is 9. The number of carbonyl (C=O) groups excluding carboxylic acids is 1.